The van der Waals surface area contributed by atoms with E-state index >= 15 is 0 Å². The Morgan fingerprint density at radius 1 is 1.31 bits per heavy atom. The summed E-state index contributed by atoms with van der Waals surface area (Å²) in [7, 11) is 1.28. The Hall–Kier alpha value is -1.61. The van der Waals surface area contributed by atoms with E-state index < -0.39 is 30.1 Å². The van der Waals surface area contributed by atoms with Gasteiger partial charge in [0.15, 0.2) is 5.82 Å². The number of aryl methyl sites for hydroxylation is 1. The van der Waals surface area contributed by atoms with E-state index in [9.17, 15) is 26.7 Å². The predicted molar refractivity (Wildman–Crippen MR) is 38.5 cm³/mol. The van der Waals surface area contributed by atoms with Crippen LogP contribution in [0.5, 0.6) is 0 Å². The molecule has 1 rings (SSSR count). The van der Waals surface area contributed by atoms with Gasteiger partial charge < -0.3 is 0 Å². The monoisotopic (exact) mass is 244 g/mol. The summed E-state index contributed by atoms with van der Waals surface area (Å²) in [5.41, 5.74) is 0. The highest BCUT2D eigenvalue weighted by Gasteiger charge is 2.62. The predicted octanol–water partition coefficient (Wildman–Crippen LogP) is 0.519. The first-order chi connectivity index (χ1) is 7.14. The van der Waals surface area contributed by atoms with Gasteiger partial charge in [-0.1, -0.05) is 0 Å². The summed E-state index contributed by atoms with van der Waals surface area (Å²) in [4.78, 5) is 11.5. The first-order valence-electron chi connectivity index (χ1n) is 3.85. The number of carbonyl (C=O) groups is 1. The van der Waals surface area contributed by atoms with Gasteiger partial charge in [-0.15, -0.1) is 10.2 Å². The van der Waals surface area contributed by atoms with Gasteiger partial charge in [0.25, 0.3) is 0 Å². The number of aromatic nitrogens is 4. The molecule has 0 aliphatic heterocycles. The molecule has 10 heteroatoms. The van der Waals surface area contributed by atoms with Crippen molar-refractivity contribution < 1.29 is 26.7 Å². The van der Waals surface area contributed by atoms with Crippen molar-refractivity contribution in [3.8, 4) is 0 Å². The molecular formula is C6H5F5N4O. The van der Waals surface area contributed by atoms with Crippen LogP contribution in [-0.2, 0) is 18.3 Å². The number of hydrogen-bond donors (Lipinski definition) is 0. The molecule has 0 amide bonds. The van der Waals surface area contributed by atoms with Crippen molar-refractivity contribution in [3.05, 3.63) is 5.82 Å². The normalized spacial score (nSPS) is 12.9. The van der Waals surface area contributed by atoms with E-state index in [0.29, 0.717) is 0 Å². The van der Waals surface area contributed by atoms with Crippen LogP contribution >= 0.6 is 0 Å². The highest BCUT2D eigenvalue weighted by Crippen LogP contribution is 2.36. The Kier molecular flexibility index (Phi) is 2.93. The van der Waals surface area contributed by atoms with Crippen molar-refractivity contribution >= 4 is 5.78 Å². The standard InChI is InChI=1S/C6H5F5N4O/c1-15-13-4(12-14-15)2-3(16)5(7,8)6(9,10)11/h2H2,1H3. The summed E-state index contributed by atoms with van der Waals surface area (Å²) in [5, 5.41) is 9.64. The largest absolute Gasteiger partial charge is 0.461 e. The molecule has 1 heterocycles. The first-order valence-corrected chi connectivity index (χ1v) is 3.85. The molecule has 90 valence electrons. The number of ketones is 1. The molecule has 1 aromatic rings. The fourth-order valence-electron chi connectivity index (χ4n) is 0.807. The number of alkyl halides is 5. The molecule has 0 atom stereocenters. The van der Waals surface area contributed by atoms with Crippen molar-refractivity contribution in [3.63, 3.8) is 0 Å². The molecular weight excluding hydrogens is 239 g/mol. The minimum atomic E-state index is -5.91. The highest BCUT2D eigenvalue weighted by atomic mass is 19.4. The molecule has 0 saturated carbocycles. The molecule has 0 saturated heterocycles. The molecule has 0 aliphatic carbocycles. The van der Waals surface area contributed by atoms with Crippen LogP contribution in [0.1, 0.15) is 5.82 Å². The van der Waals surface area contributed by atoms with Gasteiger partial charge in [0.1, 0.15) is 0 Å². The number of halogens is 5. The smallest absolute Gasteiger partial charge is 0.292 e. The molecule has 0 spiro atoms. The van der Waals surface area contributed by atoms with Crippen molar-refractivity contribution in [2.75, 3.05) is 0 Å². The van der Waals surface area contributed by atoms with Gasteiger partial charge in [-0.2, -0.15) is 26.7 Å². The number of rotatable bonds is 3. The van der Waals surface area contributed by atoms with Crippen LogP contribution in [0.4, 0.5) is 22.0 Å². The van der Waals surface area contributed by atoms with E-state index in [1.54, 1.807) is 0 Å². The second-order valence-corrected chi connectivity index (χ2v) is 2.87. The zero-order valence-electron chi connectivity index (χ0n) is 7.79. The van der Waals surface area contributed by atoms with E-state index in [-0.39, 0.29) is 0 Å². The molecule has 0 bridgehead atoms. The molecule has 16 heavy (non-hydrogen) atoms. The summed E-state index contributed by atoms with van der Waals surface area (Å²) < 4.78 is 60.2. The van der Waals surface area contributed by atoms with Crippen LogP contribution in [0.2, 0.25) is 0 Å². The van der Waals surface area contributed by atoms with Gasteiger partial charge in [-0.3, -0.25) is 4.79 Å². The van der Waals surface area contributed by atoms with Crippen LogP contribution in [0.25, 0.3) is 0 Å². The van der Waals surface area contributed by atoms with E-state index in [1.807, 2.05) is 0 Å². The zero-order valence-corrected chi connectivity index (χ0v) is 7.79. The minimum absolute atomic E-state index is 0.489. The van der Waals surface area contributed by atoms with Gasteiger partial charge in [0.05, 0.1) is 13.5 Å². The van der Waals surface area contributed by atoms with Gasteiger partial charge >= 0.3 is 12.1 Å². The number of carbonyl (C=O) groups excluding carboxylic acids is 1. The Bertz CT molecular complexity index is 398. The second kappa shape index (κ2) is 3.76. The van der Waals surface area contributed by atoms with Gasteiger partial charge in [-0.05, 0) is 5.21 Å². The van der Waals surface area contributed by atoms with Crippen molar-refractivity contribution in [2.45, 2.75) is 18.5 Å². The molecule has 0 aromatic carbocycles. The van der Waals surface area contributed by atoms with Crippen LogP contribution in [-0.4, -0.2) is 38.1 Å². The maximum atomic E-state index is 12.5. The van der Waals surface area contributed by atoms with Crippen LogP contribution in [0, 0.1) is 0 Å². The quantitative estimate of drug-likeness (QED) is 0.727. The molecule has 0 aliphatic rings. The third-order valence-electron chi connectivity index (χ3n) is 1.57. The molecule has 5 nitrogen and oxygen atoms in total. The lowest BCUT2D eigenvalue weighted by molar-refractivity contribution is -0.268. The lowest BCUT2D eigenvalue weighted by Crippen LogP contribution is -2.45. The third kappa shape index (κ3) is 2.31. The average molecular weight is 244 g/mol. The molecule has 0 fully saturated rings. The third-order valence-corrected chi connectivity index (χ3v) is 1.57. The molecule has 0 unspecified atom stereocenters. The Morgan fingerprint density at radius 2 is 1.88 bits per heavy atom. The fraction of sp³-hybridized carbons (Fsp3) is 0.667. The summed E-state index contributed by atoms with van der Waals surface area (Å²) >= 11 is 0. The maximum Gasteiger partial charge on any atom is 0.461 e. The Morgan fingerprint density at radius 3 is 2.25 bits per heavy atom. The Labute approximate surface area is 85.2 Å². The van der Waals surface area contributed by atoms with Gasteiger partial charge in [0, 0.05) is 0 Å². The van der Waals surface area contributed by atoms with Crippen LogP contribution in [0.3, 0.4) is 0 Å². The highest BCUT2D eigenvalue weighted by molar-refractivity contribution is 5.87. The number of tetrazole rings is 1. The SMILES string of the molecule is Cn1nnc(CC(=O)C(F)(F)C(F)(F)F)n1. The Balaban J connectivity index is 2.80. The second-order valence-electron chi connectivity index (χ2n) is 2.87. The van der Waals surface area contributed by atoms with E-state index in [2.05, 4.69) is 15.4 Å². The van der Waals surface area contributed by atoms with Crippen molar-refractivity contribution in [2.24, 2.45) is 7.05 Å². The fourth-order valence-corrected chi connectivity index (χ4v) is 0.807. The van der Waals surface area contributed by atoms with E-state index in [4.69, 9.17) is 0 Å². The minimum Gasteiger partial charge on any atom is -0.292 e. The molecule has 1 aromatic heterocycles. The summed E-state index contributed by atoms with van der Waals surface area (Å²) in [5.74, 6) is -8.20. The van der Waals surface area contributed by atoms with Gasteiger partial charge in [-0.25, -0.2) is 0 Å². The average Bonchev–Trinajstić information content (AvgIpc) is 2.49. The summed E-state index contributed by atoms with van der Waals surface area (Å²) in [6, 6.07) is 0. The summed E-state index contributed by atoms with van der Waals surface area (Å²) in [6.07, 6.45) is -7.13. The zero-order chi connectivity index (χ0) is 12.6. The number of hydrogen-bond acceptors (Lipinski definition) is 4. The molecule has 0 N–H and O–H groups in total. The summed E-state index contributed by atoms with van der Waals surface area (Å²) in [6.45, 7) is 0. The first kappa shape index (κ1) is 12.5. The lowest BCUT2D eigenvalue weighted by atomic mass is 10.1. The van der Waals surface area contributed by atoms with Crippen molar-refractivity contribution in [1.82, 2.24) is 20.2 Å². The lowest BCUT2D eigenvalue weighted by Gasteiger charge is -2.16. The topological polar surface area (TPSA) is 60.7 Å². The number of nitrogens with zero attached hydrogens (tertiary/aromatic N) is 4. The van der Waals surface area contributed by atoms with E-state index in [1.165, 1.54) is 7.05 Å². The van der Waals surface area contributed by atoms with Crippen LogP contribution in [0.15, 0.2) is 0 Å². The van der Waals surface area contributed by atoms with Crippen molar-refractivity contribution in [1.29, 1.82) is 0 Å². The van der Waals surface area contributed by atoms with E-state index in [0.717, 1.165) is 4.80 Å². The molecule has 0 radical (unpaired) electrons. The maximum absolute atomic E-state index is 12.5. The van der Waals surface area contributed by atoms with Crippen LogP contribution < -0.4 is 0 Å². The van der Waals surface area contributed by atoms with Gasteiger partial charge in [0.2, 0.25) is 5.78 Å². The number of Topliss-reactive ketones (excluding diaryl/α,β-unsaturated/α-hetero) is 1.